The molecule has 1 aliphatic rings. The van der Waals surface area contributed by atoms with Crippen molar-refractivity contribution in [2.75, 3.05) is 0 Å². The molecule has 6 rings (SSSR count). The third-order valence-electron chi connectivity index (χ3n) is 9.42. The summed E-state index contributed by atoms with van der Waals surface area (Å²) in [7, 11) is 0. The van der Waals surface area contributed by atoms with Gasteiger partial charge in [0.05, 0.1) is 0 Å². The van der Waals surface area contributed by atoms with E-state index in [0.29, 0.717) is 11.3 Å². The van der Waals surface area contributed by atoms with Gasteiger partial charge in [-0.15, -0.1) is 39.7 Å². The zero-order valence-electron chi connectivity index (χ0n) is 33.0. The molecule has 0 heterocycles. The van der Waals surface area contributed by atoms with E-state index in [2.05, 4.69) is 132 Å². The number of fused-ring (bicyclic) bond motifs is 3. The van der Waals surface area contributed by atoms with Crippen molar-refractivity contribution in [2.45, 2.75) is 100 Å². The molecular formula is C47H54Cl4Zr-2. The van der Waals surface area contributed by atoms with Gasteiger partial charge in [-0.3, -0.25) is 6.08 Å². The molecule has 276 valence electrons. The monoisotopic (exact) mass is 848 g/mol. The molecule has 0 radical (unpaired) electrons. The van der Waals surface area contributed by atoms with Crippen molar-refractivity contribution in [1.29, 1.82) is 0 Å². The van der Waals surface area contributed by atoms with Crippen molar-refractivity contribution in [3.05, 3.63) is 146 Å². The Kier molecular flexibility index (Phi) is 16.6. The first-order valence-electron chi connectivity index (χ1n) is 17.8. The first-order chi connectivity index (χ1) is 23.2. The van der Waals surface area contributed by atoms with E-state index in [-0.39, 0.29) is 35.6 Å². The van der Waals surface area contributed by atoms with Crippen LogP contribution in [0.2, 0.25) is 10.0 Å². The van der Waals surface area contributed by atoms with Crippen molar-refractivity contribution < 1.29 is 49.0 Å². The van der Waals surface area contributed by atoms with E-state index < -0.39 is 0 Å². The molecule has 0 saturated carbocycles. The number of allylic oxidation sites excluding steroid dienone is 4. The van der Waals surface area contributed by atoms with E-state index in [1.54, 1.807) is 0 Å². The number of benzene rings is 4. The Balaban J connectivity index is 0.000000283. The topological polar surface area (TPSA) is 0 Å². The van der Waals surface area contributed by atoms with Gasteiger partial charge in [0, 0.05) is 0 Å². The van der Waals surface area contributed by atoms with Gasteiger partial charge in [0.25, 0.3) is 0 Å². The predicted octanol–water partition coefficient (Wildman–Crippen LogP) is 8.40. The maximum atomic E-state index is 5.86. The molecule has 0 nitrogen and oxygen atoms in total. The normalized spacial score (nSPS) is 14.1. The molecule has 5 heteroatoms. The van der Waals surface area contributed by atoms with E-state index in [4.69, 9.17) is 23.2 Å². The molecule has 1 atom stereocenters. The summed E-state index contributed by atoms with van der Waals surface area (Å²) < 4.78 is 1.31. The molecule has 0 N–H and O–H groups in total. The van der Waals surface area contributed by atoms with E-state index in [0.717, 1.165) is 10.0 Å². The summed E-state index contributed by atoms with van der Waals surface area (Å²) >= 11 is 13.1. The fraction of sp³-hybridized carbons (Fsp3) is 0.362. The molecule has 5 aromatic rings. The first-order valence-corrected chi connectivity index (χ1v) is 19.7. The van der Waals surface area contributed by atoms with Crippen LogP contribution in [0.15, 0.2) is 96.6 Å². The molecule has 0 saturated heterocycles. The van der Waals surface area contributed by atoms with Gasteiger partial charge in [0.2, 0.25) is 0 Å². The summed E-state index contributed by atoms with van der Waals surface area (Å²) in [6, 6.07) is 27.8. The van der Waals surface area contributed by atoms with Crippen LogP contribution in [0.3, 0.4) is 0 Å². The summed E-state index contributed by atoms with van der Waals surface area (Å²) in [6.45, 7) is 27.2. The van der Waals surface area contributed by atoms with Gasteiger partial charge in [-0.2, -0.15) is 11.6 Å². The number of halogens is 4. The minimum Gasteiger partial charge on any atom is -1.00 e. The Morgan fingerprint density at radius 2 is 1.04 bits per heavy atom. The maximum absolute atomic E-state index is 5.86. The second kappa shape index (κ2) is 18.7. The Labute approximate surface area is 352 Å². The smallest absolute Gasteiger partial charge is 1.00 e. The van der Waals surface area contributed by atoms with Gasteiger partial charge < -0.3 is 24.8 Å². The van der Waals surface area contributed by atoms with Gasteiger partial charge >= 0.3 is 120 Å². The van der Waals surface area contributed by atoms with Crippen LogP contribution in [0.25, 0.3) is 21.5 Å². The summed E-state index contributed by atoms with van der Waals surface area (Å²) in [5.74, 6) is 0.573. The van der Waals surface area contributed by atoms with Crippen LogP contribution < -0.4 is 24.8 Å². The molecule has 0 fully saturated rings. The fourth-order valence-electron chi connectivity index (χ4n) is 6.56. The van der Waals surface area contributed by atoms with E-state index in [9.17, 15) is 0 Å². The summed E-state index contributed by atoms with van der Waals surface area (Å²) in [5, 5.41) is 7.08. The van der Waals surface area contributed by atoms with Crippen LogP contribution in [0, 0.1) is 31.3 Å². The molecule has 1 unspecified atom stereocenters. The second-order valence-corrected chi connectivity index (χ2v) is 18.8. The van der Waals surface area contributed by atoms with E-state index >= 15 is 0 Å². The van der Waals surface area contributed by atoms with Crippen molar-refractivity contribution in [3.63, 3.8) is 0 Å². The number of aryl methyl sites for hydroxylation is 2. The average molecular weight is 852 g/mol. The van der Waals surface area contributed by atoms with Crippen molar-refractivity contribution in [3.8, 4) is 0 Å². The van der Waals surface area contributed by atoms with Gasteiger partial charge in [0.1, 0.15) is 0 Å². The molecule has 0 aromatic heterocycles. The zero-order valence-corrected chi connectivity index (χ0v) is 38.4. The van der Waals surface area contributed by atoms with Crippen LogP contribution in [-0.2, 0) is 35.1 Å². The Morgan fingerprint density at radius 3 is 1.33 bits per heavy atom. The standard InChI is InChI=1S/C23H29.C13H8Cl2.C11H17.2ClH.Zr/c1-14-9-16-11-17-10-15(2)21(23(6,7)8)13-19(17)18(16)12-20(14)22(3,4)5;14-12-5-1-10(2-6-12)9-11-3-7-13(15)8-4-11;1-5-9-6-7-10(8-9)11(2,3)4;;;/h9-13H,1-8H3;1-8H;7-9H,5H2,1-4H3;2*1H;/q-1;;-1;;;+2/p-2. The quantitative estimate of drug-likeness (QED) is 0.160. The number of hydrogen-bond donors (Lipinski definition) is 0. The molecule has 1 aliphatic carbocycles. The third kappa shape index (κ3) is 11.8. The zero-order chi connectivity index (χ0) is 37.2. The van der Waals surface area contributed by atoms with Crippen molar-refractivity contribution >= 4 is 48.0 Å². The minimum atomic E-state index is 0. The molecule has 0 amide bonds. The van der Waals surface area contributed by atoms with E-state index in [1.165, 1.54) is 94.4 Å². The van der Waals surface area contributed by atoms with Crippen LogP contribution >= 0.6 is 23.2 Å². The molecule has 0 bridgehead atoms. The average Bonchev–Trinajstić information content (AvgIpc) is 3.65. The van der Waals surface area contributed by atoms with Crippen LogP contribution in [0.1, 0.15) is 109 Å². The van der Waals surface area contributed by atoms with Gasteiger partial charge in [-0.25, -0.2) is 6.08 Å². The predicted molar refractivity (Wildman–Crippen MR) is 219 cm³/mol. The summed E-state index contributed by atoms with van der Waals surface area (Å²) in [4.78, 5) is 0. The van der Waals surface area contributed by atoms with Crippen LogP contribution in [0.4, 0.5) is 0 Å². The Morgan fingerprint density at radius 1 is 0.654 bits per heavy atom. The van der Waals surface area contributed by atoms with Crippen LogP contribution in [0.5, 0.6) is 0 Å². The number of rotatable bonds is 3. The fourth-order valence-corrected chi connectivity index (χ4v) is 7.63. The molecular weight excluding hydrogens is 798 g/mol. The van der Waals surface area contributed by atoms with E-state index in [1.807, 2.05) is 48.5 Å². The largest absolute Gasteiger partial charge is 1.00 e. The molecule has 52 heavy (non-hydrogen) atoms. The van der Waals surface area contributed by atoms with Crippen molar-refractivity contribution in [1.82, 2.24) is 0 Å². The van der Waals surface area contributed by atoms with Crippen LogP contribution in [-0.4, -0.2) is 3.21 Å². The first kappa shape index (κ1) is 46.3. The van der Waals surface area contributed by atoms with Gasteiger partial charge in [-0.1, -0.05) is 121 Å². The molecule has 0 spiro atoms. The Bertz CT molecular complexity index is 1900. The van der Waals surface area contributed by atoms with Gasteiger partial charge in [-0.05, 0) is 24.7 Å². The summed E-state index contributed by atoms with van der Waals surface area (Å²) in [6.07, 6.45) is 9.00. The van der Waals surface area contributed by atoms with Crippen molar-refractivity contribution in [2.24, 2.45) is 11.3 Å². The second-order valence-electron chi connectivity index (χ2n) is 16.7. The van der Waals surface area contributed by atoms with Gasteiger partial charge in [0.15, 0.2) is 0 Å². The molecule has 0 aliphatic heterocycles. The SMILES string of the molecule is CCC1[C-]=CC(C(C)(C)C)=C1.Cc1cc2[cH-]c3cc(C)c(C(C)(C)C)cc3c2cc1C(C)(C)C.Clc1ccc([C](=[Zr+2])c2ccc(Cl)cc2)cc1.[Cl-].[Cl-]. The summed E-state index contributed by atoms with van der Waals surface area (Å²) in [5.41, 5.74) is 10.2. The maximum Gasteiger partial charge on any atom is -1.00 e. The molecule has 5 aromatic carbocycles. The number of hydrogen-bond acceptors (Lipinski definition) is 0. The Hall–Kier alpha value is -1.86. The third-order valence-corrected chi connectivity index (χ3v) is 11.3. The minimum absolute atomic E-state index is 0.